The predicted octanol–water partition coefficient (Wildman–Crippen LogP) is 18.0. The molecule has 0 aromatic heterocycles. The van der Waals surface area contributed by atoms with Gasteiger partial charge in [-0.2, -0.15) is 0 Å². The van der Waals surface area contributed by atoms with E-state index in [9.17, 15) is 74.6 Å². The standard InChI is InChI=1S/C93H173O25P/c1-7-11-15-19-23-25-27-29-30-32-33-35-37-47-56-64-77(96)110-70-75-81(100)83(102)87(106)93(114-75)117-90-88(115-79(98)66-58-49-38-36-34-31-28-26-24-20-16-12-8-2)84(103)85(104)89(116-92-86(105)82(101)80(99)74(67-94)113-92)91(90)118-119(107,108)111-69-73(112-78(97)65-57-50-42-40-46-54-62-72(6)60-52-44-22-18-14-10-4)68-109-76(95)63-55-48-41-39-45-53-61-71(5)59-51-43-21-17-13-9-3/h31,34,71-75,80-94,99-106H,7-30,32-33,35-70H2,1-6H3,(H,107,108)/b34-31-. The molecular formula is C93H173O25P. The maximum absolute atomic E-state index is 14.9. The summed E-state index contributed by atoms with van der Waals surface area (Å²) < 4.78 is 73.6. The summed E-state index contributed by atoms with van der Waals surface area (Å²) in [6.45, 7) is 10.3. The molecule has 2 heterocycles. The van der Waals surface area contributed by atoms with Gasteiger partial charge in [0.25, 0.3) is 0 Å². The lowest BCUT2D eigenvalue weighted by Gasteiger charge is -2.50. The Morgan fingerprint density at radius 2 is 0.681 bits per heavy atom. The number of aliphatic hydroxyl groups is 9. The van der Waals surface area contributed by atoms with Crippen molar-refractivity contribution in [1.29, 1.82) is 0 Å². The molecule has 1 saturated carbocycles. The van der Waals surface area contributed by atoms with Gasteiger partial charge in [-0.25, -0.2) is 4.57 Å². The summed E-state index contributed by atoms with van der Waals surface area (Å²) in [5.41, 5.74) is 0. The first kappa shape index (κ1) is 110. The smallest absolute Gasteiger partial charge is 0.463 e. The van der Waals surface area contributed by atoms with E-state index >= 15 is 0 Å². The minimum atomic E-state index is -5.81. The Morgan fingerprint density at radius 3 is 1.09 bits per heavy atom. The van der Waals surface area contributed by atoms with Crippen LogP contribution in [0.4, 0.5) is 0 Å². The van der Waals surface area contributed by atoms with Gasteiger partial charge in [0, 0.05) is 25.7 Å². The minimum Gasteiger partial charge on any atom is -0.463 e. The molecule has 26 heteroatoms. The third kappa shape index (κ3) is 51.0. The monoisotopic (exact) mass is 1720 g/mol. The van der Waals surface area contributed by atoms with Crippen molar-refractivity contribution in [3.8, 4) is 0 Å². The van der Waals surface area contributed by atoms with E-state index in [1.54, 1.807) is 0 Å². The Morgan fingerprint density at radius 1 is 0.353 bits per heavy atom. The normalized spacial score (nSPS) is 25.4. The highest BCUT2D eigenvalue weighted by Crippen LogP contribution is 2.49. The number of aliphatic hydroxyl groups excluding tert-OH is 9. The van der Waals surface area contributed by atoms with Crippen LogP contribution in [0.5, 0.6) is 0 Å². The average Bonchev–Trinajstić information content (AvgIpc) is 0.754. The Labute approximate surface area is 718 Å². The van der Waals surface area contributed by atoms with Crippen LogP contribution in [0.25, 0.3) is 0 Å². The first-order valence-corrected chi connectivity index (χ1v) is 49.7. The Hall–Kier alpha value is -2.79. The summed E-state index contributed by atoms with van der Waals surface area (Å²) in [5.74, 6) is -1.62. The van der Waals surface area contributed by atoms with Crippen LogP contribution in [0.3, 0.4) is 0 Å². The Bertz CT molecular complexity index is 2550. The van der Waals surface area contributed by atoms with E-state index in [2.05, 4.69) is 53.7 Å². The molecule has 0 amide bonds. The number of allylic oxidation sites excluding steroid dienone is 2. The van der Waals surface area contributed by atoms with Crippen LogP contribution < -0.4 is 0 Å². The average molecular weight is 1720 g/mol. The molecule has 0 aromatic rings. The summed E-state index contributed by atoms with van der Waals surface area (Å²) in [7, 11) is -5.81. The molecule has 20 atom stereocenters. The van der Waals surface area contributed by atoms with Crippen LogP contribution in [-0.4, -0.2) is 205 Å². The molecule has 2 aliphatic heterocycles. The van der Waals surface area contributed by atoms with Crippen LogP contribution in [0.1, 0.15) is 414 Å². The number of hydrogen-bond acceptors (Lipinski definition) is 24. The van der Waals surface area contributed by atoms with E-state index in [1.165, 1.54) is 186 Å². The molecule has 119 heavy (non-hydrogen) atoms. The zero-order valence-corrected chi connectivity index (χ0v) is 75.9. The van der Waals surface area contributed by atoms with E-state index in [4.69, 9.17) is 46.9 Å². The van der Waals surface area contributed by atoms with Crippen molar-refractivity contribution in [3.05, 3.63) is 12.2 Å². The topological polar surface area (TPSA) is 380 Å². The first-order valence-electron chi connectivity index (χ1n) is 48.2. The highest BCUT2D eigenvalue weighted by atomic mass is 31.2. The van der Waals surface area contributed by atoms with Crippen molar-refractivity contribution >= 4 is 31.7 Å². The number of esters is 4. The molecule has 1 aliphatic carbocycles. The van der Waals surface area contributed by atoms with Crippen molar-refractivity contribution < 1.29 is 122 Å². The lowest BCUT2D eigenvalue weighted by Crippen LogP contribution is -2.70. The van der Waals surface area contributed by atoms with E-state index in [-0.39, 0.29) is 32.1 Å². The van der Waals surface area contributed by atoms with Gasteiger partial charge < -0.3 is 88.7 Å². The van der Waals surface area contributed by atoms with Gasteiger partial charge in [-0.3, -0.25) is 28.2 Å². The molecule has 0 bridgehead atoms. The number of phosphoric acid groups is 1. The van der Waals surface area contributed by atoms with Crippen molar-refractivity contribution in [2.75, 3.05) is 26.4 Å². The van der Waals surface area contributed by atoms with Gasteiger partial charge in [0.05, 0.1) is 13.2 Å². The van der Waals surface area contributed by atoms with Gasteiger partial charge in [0.2, 0.25) is 0 Å². The molecule has 0 aromatic carbocycles. The number of phosphoric ester groups is 1. The van der Waals surface area contributed by atoms with Gasteiger partial charge in [0.1, 0.15) is 92.6 Å². The molecule has 10 N–H and O–H groups in total. The lowest BCUT2D eigenvalue weighted by atomic mass is 9.84. The summed E-state index contributed by atoms with van der Waals surface area (Å²) >= 11 is 0. The second kappa shape index (κ2) is 70.3. The fraction of sp³-hybridized carbons (Fsp3) is 0.935. The van der Waals surface area contributed by atoms with Gasteiger partial charge in [0.15, 0.2) is 24.8 Å². The van der Waals surface area contributed by atoms with E-state index in [0.717, 1.165) is 122 Å². The number of rotatable bonds is 77. The molecule has 3 aliphatic rings. The summed E-state index contributed by atoms with van der Waals surface area (Å²) in [6, 6.07) is 0. The summed E-state index contributed by atoms with van der Waals surface area (Å²) in [5, 5.41) is 102. The maximum Gasteiger partial charge on any atom is 0.472 e. The largest absolute Gasteiger partial charge is 0.472 e. The van der Waals surface area contributed by atoms with Gasteiger partial charge in [-0.1, -0.05) is 349 Å². The molecular weight excluding hydrogens is 1550 g/mol. The number of hydrogen-bond donors (Lipinski definition) is 10. The second-order valence-electron chi connectivity index (χ2n) is 35.1. The number of carbonyl (C=O) groups excluding carboxylic acids is 4. The van der Waals surface area contributed by atoms with Crippen molar-refractivity contribution in [3.63, 3.8) is 0 Å². The SMILES string of the molecule is CCCCCCCC/C=C\CCCCCC(=O)OC1C(O)C(O)C(OC2OC(CO)C(O)C(O)C2O)C(OP(=O)(O)OCC(COC(=O)CCCCCCCCC(C)CCCCCCCC)OC(=O)CCCCCCCCC(C)CCCCCCCC)C1OC1OC(COC(=O)CCCCCCCCCCCCCCCCC)C(O)C(O)C1O. The van der Waals surface area contributed by atoms with Crippen LogP contribution in [0.2, 0.25) is 0 Å². The zero-order chi connectivity index (χ0) is 87.1. The maximum atomic E-state index is 14.9. The van der Waals surface area contributed by atoms with Gasteiger partial charge >= 0.3 is 31.7 Å². The predicted molar refractivity (Wildman–Crippen MR) is 462 cm³/mol. The van der Waals surface area contributed by atoms with Crippen LogP contribution >= 0.6 is 7.82 Å². The Balaban J connectivity index is 1.92. The van der Waals surface area contributed by atoms with Crippen molar-refractivity contribution in [2.45, 2.75) is 518 Å². The van der Waals surface area contributed by atoms with E-state index in [0.29, 0.717) is 43.9 Å². The van der Waals surface area contributed by atoms with E-state index < -0.39 is 162 Å². The molecule has 0 spiro atoms. The number of carbonyl (C=O) groups is 4. The van der Waals surface area contributed by atoms with Crippen LogP contribution in [0.15, 0.2) is 12.2 Å². The summed E-state index contributed by atoms with van der Waals surface area (Å²) in [4.78, 5) is 66.6. The molecule has 0 radical (unpaired) electrons. The van der Waals surface area contributed by atoms with Gasteiger partial charge in [-0.15, -0.1) is 0 Å². The third-order valence-electron chi connectivity index (χ3n) is 24.1. The number of unbranched alkanes of at least 4 members (excludes halogenated alkanes) is 43. The molecule has 3 rings (SSSR count). The fourth-order valence-electron chi connectivity index (χ4n) is 16.2. The highest BCUT2D eigenvalue weighted by Gasteiger charge is 2.60. The molecule has 20 unspecified atom stereocenters. The third-order valence-corrected chi connectivity index (χ3v) is 25.0. The fourth-order valence-corrected chi connectivity index (χ4v) is 17.2. The van der Waals surface area contributed by atoms with Crippen molar-refractivity contribution in [1.82, 2.24) is 0 Å². The highest BCUT2D eigenvalue weighted by molar-refractivity contribution is 7.47. The molecule has 2 saturated heterocycles. The molecule has 25 nitrogen and oxygen atoms in total. The molecule has 700 valence electrons. The lowest BCUT2D eigenvalue weighted by molar-refractivity contribution is -0.360. The van der Waals surface area contributed by atoms with Crippen LogP contribution in [-0.2, 0) is 70.7 Å². The Kier molecular flexibility index (Phi) is 65.2. The second-order valence-corrected chi connectivity index (χ2v) is 36.5. The quantitative estimate of drug-likeness (QED) is 0.00889. The minimum absolute atomic E-state index is 0.0165. The number of ether oxygens (including phenoxy) is 8. The first-order chi connectivity index (χ1) is 57.5. The van der Waals surface area contributed by atoms with Crippen LogP contribution in [0, 0.1) is 11.8 Å². The zero-order valence-electron chi connectivity index (χ0n) is 75.0. The van der Waals surface area contributed by atoms with Gasteiger partial charge in [-0.05, 0) is 63.2 Å². The molecule has 3 fully saturated rings. The van der Waals surface area contributed by atoms with E-state index in [1.807, 2.05) is 0 Å². The van der Waals surface area contributed by atoms with Crippen molar-refractivity contribution in [2.24, 2.45) is 11.8 Å². The summed E-state index contributed by atoms with van der Waals surface area (Å²) in [6.07, 6.45) is 26.4.